The number of hydrogen-bond acceptors (Lipinski definition) is 4. The third-order valence-electron chi connectivity index (χ3n) is 3.20. The first-order chi connectivity index (χ1) is 11.0. The van der Waals surface area contributed by atoms with Crippen LogP contribution in [0, 0.1) is 6.92 Å². The van der Waals surface area contributed by atoms with Crippen molar-refractivity contribution in [1.82, 2.24) is 0 Å². The van der Waals surface area contributed by atoms with Gasteiger partial charge in [-0.15, -0.1) is 0 Å². The first kappa shape index (κ1) is 16.5. The van der Waals surface area contributed by atoms with E-state index < -0.39 is 18.0 Å². The van der Waals surface area contributed by atoms with Gasteiger partial charge in [-0.1, -0.05) is 25.1 Å². The maximum atomic E-state index is 12.2. The zero-order valence-electron chi connectivity index (χ0n) is 13.0. The van der Waals surface area contributed by atoms with E-state index in [0.717, 1.165) is 5.56 Å². The van der Waals surface area contributed by atoms with Gasteiger partial charge in [0.25, 0.3) is 0 Å². The fourth-order valence-corrected chi connectivity index (χ4v) is 2.03. The van der Waals surface area contributed by atoms with Crippen molar-refractivity contribution in [2.75, 3.05) is 0 Å². The second-order valence-corrected chi connectivity index (χ2v) is 5.09. The highest BCUT2D eigenvalue weighted by atomic mass is 16.6. The Morgan fingerprint density at radius 2 is 1.78 bits per heavy atom. The number of aryl methyl sites for hydroxylation is 1. The van der Waals surface area contributed by atoms with Gasteiger partial charge in [0.05, 0.1) is 5.56 Å². The number of benzene rings is 2. The van der Waals surface area contributed by atoms with Gasteiger partial charge in [-0.3, -0.25) is 0 Å². The van der Waals surface area contributed by atoms with Gasteiger partial charge in [-0.05, 0) is 49.2 Å². The van der Waals surface area contributed by atoms with E-state index in [1.165, 1.54) is 24.3 Å². The molecule has 0 aliphatic rings. The van der Waals surface area contributed by atoms with E-state index in [2.05, 4.69) is 0 Å². The van der Waals surface area contributed by atoms with Crippen molar-refractivity contribution in [1.29, 1.82) is 0 Å². The number of carbonyl (C=O) groups excluding carboxylic acids is 1. The summed E-state index contributed by atoms with van der Waals surface area (Å²) in [5.74, 6) is -0.864. The number of rotatable bonds is 6. The molecule has 0 aromatic heterocycles. The molecule has 0 heterocycles. The van der Waals surface area contributed by atoms with Gasteiger partial charge in [-0.2, -0.15) is 0 Å². The molecule has 0 radical (unpaired) electrons. The molecule has 0 saturated carbocycles. The van der Waals surface area contributed by atoms with Crippen LogP contribution in [0.5, 0.6) is 11.5 Å². The molecule has 0 amide bonds. The molecule has 0 aliphatic heterocycles. The minimum absolute atomic E-state index is 0.0583. The minimum atomic E-state index is -1.08. The molecule has 1 atom stereocenters. The quantitative estimate of drug-likeness (QED) is 0.653. The highest BCUT2D eigenvalue weighted by Crippen LogP contribution is 2.18. The molecule has 5 heteroatoms. The Morgan fingerprint density at radius 1 is 1.09 bits per heavy atom. The summed E-state index contributed by atoms with van der Waals surface area (Å²) in [5.41, 5.74) is 1.09. The third kappa shape index (κ3) is 4.57. The maximum Gasteiger partial charge on any atom is 0.352 e. The van der Waals surface area contributed by atoms with Crippen molar-refractivity contribution in [2.45, 2.75) is 26.4 Å². The molecule has 1 N–H and O–H groups in total. The summed E-state index contributed by atoms with van der Waals surface area (Å²) in [5, 5.41) is 8.95. The van der Waals surface area contributed by atoms with Crippen LogP contribution in [0.25, 0.3) is 0 Å². The summed E-state index contributed by atoms with van der Waals surface area (Å²) in [6, 6.07) is 13.2. The average Bonchev–Trinajstić information content (AvgIpc) is 2.52. The summed E-state index contributed by atoms with van der Waals surface area (Å²) >= 11 is 0. The van der Waals surface area contributed by atoms with Crippen molar-refractivity contribution in [2.24, 2.45) is 0 Å². The Labute approximate surface area is 134 Å². The van der Waals surface area contributed by atoms with Gasteiger partial charge in [0.1, 0.15) is 11.5 Å². The van der Waals surface area contributed by atoms with Crippen LogP contribution >= 0.6 is 0 Å². The van der Waals surface area contributed by atoms with Crippen LogP contribution in [0.4, 0.5) is 0 Å². The molecule has 0 aliphatic carbocycles. The molecule has 0 spiro atoms. The Bertz CT molecular complexity index is 708. The van der Waals surface area contributed by atoms with Crippen molar-refractivity contribution in [3.05, 3.63) is 59.7 Å². The Kier molecular flexibility index (Phi) is 5.36. The molecular weight excluding hydrogens is 296 g/mol. The fourth-order valence-electron chi connectivity index (χ4n) is 2.03. The predicted octanol–water partition coefficient (Wildman–Crippen LogP) is 3.46. The Morgan fingerprint density at radius 3 is 2.43 bits per heavy atom. The van der Waals surface area contributed by atoms with Crippen molar-refractivity contribution >= 4 is 11.9 Å². The summed E-state index contributed by atoms with van der Waals surface area (Å²) in [6.07, 6.45) is -0.323. The average molecular weight is 314 g/mol. The molecule has 2 aromatic carbocycles. The molecule has 0 saturated heterocycles. The monoisotopic (exact) mass is 314 g/mol. The molecule has 23 heavy (non-hydrogen) atoms. The van der Waals surface area contributed by atoms with E-state index in [-0.39, 0.29) is 11.3 Å². The molecule has 120 valence electrons. The molecule has 0 fully saturated rings. The molecule has 1 unspecified atom stereocenters. The van der Waals surface area contributed by atoms with Gasteiger partial charge >= 0.3 is 11.9 Å². The summed E-state index contributed by atoms with van der Waals surface area (Å²) in [7, 11) is 0. The van der Waals surface area contributed by atoms with Crippen LogP contribution in [0.3, 0.4) is 0 Å². The zero-order valence-corrected chi connectivity index (χ0v) is 13.0. The smallest absolute Gasteiger partial charge is 0.352 e. The highest BCUT2D eigenvalue weighted by molar-refractivity contribution is 5.88. The van der Waals surface area contributed by atoms with Crippen LogP contribution in [0.15, 0.2) is 48.5 Å². The normalized spacial score (nSPS) is 11.6. The SMILES string of the molecule is CCC(Oc1cccc(C)c1)C(=O)Oc1cccc(C(=O)O)c1. The molecular formula is C18H18O5. The molecule has 5 nitrogen and oxygen atoms in total. The minimum Gasteiger partial charge on any atom is -0.479 e. The zero-order chi connectivity index (χ0) is 16.8. The topological polar surface area (TPSA) is 72.8 Å². The lowest BCUT2D eigenvalue weighted by Gasteiger charge is -2.16. The first-order valence-electron chi connectivity index (χ1n) is 7.28. The first-order valence-corrected chi connectivity index (χ1v) is 7.28. The number of aromatic carboxylic acids is 1. The number of ether oxygens (including phenoxy) is 2. The summed E-state index contributed by atoms with van der Waals surface area (Å²) in [4.78, 5) is 23.2. The van der Waals surface area contributed by atoms with Crippen LogP contribution in [-0.4, -0.2) is 23.1 Å². The van der Waals surface area contributed by atoms with Crippen LogP contribution in [-0.2, 0) is 4.79 Å². The summed E-state index contributed by atoms with van der Waals surface area (Å²) in [6.45, 7) is 3.75. The number of carboxylic acid groups (broad SMARTS) is 1. The third-order valence-corrected chi connectivity index (χ3v) is 3.20. The van der Waals surface area contributed by atoms with Crippen molar-refractivity contribution < 1.29 is 24.2 Å². The Balaban J connectivity index is 2.08. The van der Waals surface area contributed by atoms with Gasteiger partial charge in [0.15, 0.2) is 6.10 Å². The largest absolute Gasteiger partial charge is 0.479 e. The molecule has 0 bridgehead atoms. The number of carboxylic acids is 1. The number of carbonyl (C=O) groups is 2. The Hall–Kier alpha value is -2.82. The lowest BCUT2D eigenvalue weighted by Crippen LogP contribution is -2.30. The van der Waals surface area contributed by atoms with Gasteiger partial charge in [0.2, 0.25) is 0 Å². The fraction of sp³-hybridized carbons (Fsp3) is 0.222. The van der Waals surface area contributed by atoms with E-state index in [4.69, 9.17) is 14.6 Å². The second-order valence-electron chi connectivity index (χ2n) is 5.09. The number of esters is 1. The molecule has 2 rings (SSSR count). The van der Waals surface area contributed by atoms with E-state index in [9.17, 15) is 9.59 Å². The predicted molar refractivity (Wildman–Crippen MR) is 84.9 cm³/mol. The lowest BCUT2D eigenvalue weighted by atomic mass is 10.2. The van der Waals surface area contributed by atoms with Crippen molar-refractivity contribution in [3.63, 3.8) is 0 Å². The van der Waals surface area contributed by atoms with Gasteiger partial charge in [0, 0.05) is 0 Å². The van der Waals surface area contributed by atoms with E-state index in [1.54, 1.807) is 6.07 Å². The van der Waals surface area contributed by atoms with E-state index >= 15 is 0 Å². The second kappa shape index (κ2) is 7.45. The standard InChI is InChI=1S/C18H18O5/c1-3-16(22-14-8-4-6-12(2)10-14)18(21)23-15-9-5-7-13(11-15)17(19)20/h4-11,16H,3H2,1-2H3,(H,19,20). The van der Waals surface area contributed by atoms with E-state index in [1.807, 2.05) is 32.0 Å². The van der Waals surface area contributed by atoms with Crippen LogP contribution < -0.4 is 9.47 Å². The van der Waals surface area contributed by atoms with Crippen molar-refractivity contribution in [3.8, 4) is 11.5 Å². The maximum absolute atomic E-state index is 12.2. The van der Waals surface area contributed by atoms with Crippen LogP contribution in [0.1, 0.15) is 29.3 Å². The number of hydrogen-bond donors (Lipinski definition) is 1. The van der Waals surface area contributed by atoms with Crippen LogP contribution in [0.2, 0.25) is 0 Å². The van der Waals surface area contributed by atoms with Gasteiger partial charge < -0.3 is 14.6 Å². The lowest BCUT2D eigenvalue weighted by molar-refractivity contribution is -0.142. The highest BCUT2D eigenvalue weighted by Gasteiger charge is 2.21. The van der Waals surface area contributed by atoms with E-state index in [0.29, 0.717) is 12.2 Å². The van der Waals surface area contributed by atoms with Gasteiger partial charge in [-0.25, -0.2) is 9.59 Å². The molecule has 2 aromatic rings. The summed E-state index contributed by atoms with van der Waals surface area (Å²) < 4.78 is 10.9.